The number of fused-ring (bicyclic) bond motifs is 2. The second-order valence-corrected chi connectivity index (χ2v) is 7.55. The van der Waals surface area contributed by atoms with Gasteiger partial charge in [0.15, 0.2) is 11.6 Å². The fraction of sp³-hybridized carbons (Fsp3) is 0.429. The fourth-order valence-electron chi connectivity index (χ4n) is 4.93. The molecule has 3 atom stereocenters. The highest BCUT2D eigenvalue weighted by molar-refractivity contribution is 5.23. The lowest BCUT2D eigenvalue weighted by molar-refractivity contribution is 0.0750. The van der Waals surface area contributed by atoms with Crippen LogP contribution in [0.4, 0.5) is 8.78 Å². The van der Waals surface area contributed by atoms with Crippen molar-refractivity contribution in [2.24, 2.45) is 5.41 Å². The van der Waals surface area contributed by atoms with Gasteiger partial charge in [0.1, 0.15) is 0 Å². The van der Waals surface area contributed by atoms with Crippen LogP contribution in [0.3, 0.4) is 0 Å². The van der Waals surface area contributed by atoms with Crippen molar-refractivity contribution in [1.82, 2.24) is 4.90 Å². The van der Waals surface area contributed by atoms with Crippen molar-refractivity contribution in [1.29, 1.82) is 0 Å². The molecular weight excluding hydrogens is 320 g/mol. The molecule has 2 fully saturated rings. The zero-order valence-electron chi connectivity index (χ0n) is 14.2. The van der Waals surface area contributed by atoms with Crippen LogP contribution in [-0.4, -0.2) is 28.7 Å². The van der Waals surface area contributed by atoms with Gasteiger partial charge in [-0.05, 0) is 48.9 Å². The maximum atomic E-state index is 13.5. The Morgan fingerprint density at radius 1 is 1.00 bits per heavy atom. The highest BCUT2D eigenvalue weighted by Gasteiger charge is 2.55. The van der Waals surface area contributed by atoms with Gasteiger partial charge in [-0.2, -0.15) is 0 Å². The van der Waals surface area contributed by atoms with E-state index in [1.165, 1.54) is 17.7 Å². The first kappa shape index (κ1) is 16.7. The van der Waals surface area contributed by atoms with Gasteiger partial charge in [-0.15, -0.1) is 0 Å². The molecule has 0 aromatic heterocycles. The van der Waals surface area contributed by atoms with Crippen molar-refractivity contribution >= 4 is 0 Å². The van der Waals surface area contributed by atoms with E-state index in [4.69, 9.17) is 0 Å². The Balaban J connectivity index is 1.56. The minimum Gasteiger partial charge on any atom is -0.396 e. The van der Waals surface area contributed by atoms with Gasteiger partial charge in [-0.25, -0.2) is 8.78 Å². The molecule has 2 nitrogen and oxygen atoms in total. The fourth-order valence-corrected chi connectivity index (χ4v) is 4.93. The van der Waals surface area contributed by atoms with Crippen molar-refractivity contribution in [3.05, 3.63) is 71.3 Å². The molecule has 2 aromatic carbocycles. The average molecular weight is 343 g/mol. The normalized spacial score (nSPS) is 28.6. The van der Waals surface area contributed by atoms with Gasteiger partial charge in [0.25, 0.3) is 0 Å². The highest BCUT2D eigenvalue weighted by Crippen LogP contribution is 2.51. The molecule has 4 rings (SSSR count). The molecule has 25 heavy (non-hydrogen) atoms. The predicted octanol–water partition coefficient (Wildman–Crippen LogP) is 3.92. The van der Waals surface area contributed by atoms with Crippen molar-refractivity contribution < 1.29 is 13.9 Å². The first-order valence-corrected chi connectivity index (χ1v) is 8.96. The van der Waals surface area contributed by atoms with Crippen molar-refractivity contribution in [2.45, 2.75) is 44.3 Å². The van der Waals surface area contributed by atoms with Gasteiger partial charge in [0.05, 0.1) is 6.61 Å². The minimum absolute atomic E-state index is 0.136. The van der Waals surface area contributed by atoms with Crippen LogP contribution in [0.5, 0.6) is 0 Å². The Hall–Kier alpha value is -1.78. The van der Waals surface area contributed by atoms with Crippen LogP contribution >= 0.6 is 0 Å². The average Bonchev–Trinajstić information content (AvgIpc) is 3.14. The first-order chi connectivity index (χ1) is 12.1. The number of rotatable bonds is 5. The Morgan fingerprint density at radius 3 is 2.52 bits per heavy atom. The Bertz CT molecular complexity index is 751. The molecule has 4 heteroatoms. The zero-order chi connectivity index (χ0) is 17.4. The molecule has 2 aliphatic rings. The zero-order valence-corrected chi connectivity index (χ0v) is 14.2. The van der Waals surface area contributed by atoms with E-state index in [1.54, 1.807) is 6.07 Å². The summed E-state index contributed by atoms with van der Waals surface area (Å²) in [5.74, 6) is -1.59. The summed E-state index contributed by atoms with van der Waals surface area (Å²) in [5.41, 5.74) is 1.91. The van der Waals surface area contributed by atoms with Crippen LogP contribution in [0.2, 0.25) is 0 Å². The lowest BCUT2D eigenvalue weighted by atomic mass is 9.70. The van der Waals surface area contributed by atoms with Crippen molar-refractivity contribution in [3.63, 3.8) is 0 Å². The summed E-state index contributed by atoms with van der Waals surface area (Å²) >= 11 is 0. The van der Waals surface area contributed by atoms with E-state index in [-0.39, 0.29) is 18.1 Å². The lowest BCUT2D eigenvalue weighted by Crippen LogP contribution is -2.41. The van der Waals surface area contributed by atoms with Crippen LogP contribution < -0.4 is 0 Å². The molecule has 0 aliphatic carbocycles. The van der Waals surface area contributed by atoms with Gasteiger partial charge < -0.3 is 5.11 Å². The van der Waals surface area contributed by atoms with E-state index < -0.39 is 11.6 Å². The quantitative estimate of drug-likeness (QED) is 0.889. The molecule has 0 unspecified atom stereocenters. The lowest BCUT2D eigenvalue weighted by Gasteiger charge is -2.36. The monoisotopic (exact) mass is 343 g/mol. The second kappa shape index (κ2) is 6.50. The molecule has 0 amide bonds. The van der Waals surface area contributed by atoms with Crippen LogP contribution in [0, 0.1) is 17.0 Å². The number of halogens is 2. The topological polar surface area (TPSA) is 23.5 Å². The summed E-state index contributed by atoms with van der Waals surface area (Å²) in [4.78, 5) is 2.39. The van der Waals surface area contributed by atoms with Crippen molar-refractivity contribution in [3.8, 4) is 0 Å². The summed E-state index contributed by atoms with van der Waals surface area (Å²) in [6.45, 7) is 0.778. The summed E-state index contributed by atoms with van der Waals surface area (Å²) in [6.07, 6.45) is 4.00. The summed E-state index contributed by atoms with van der Waals surface area (Å²) in [7, 11) is 0. The number of hydrogen-bond acceptors (Lipinski definition) is 2. The molecule has 132 valence electrons. The SMILES string of the molecule is OC[C@]1(Cc2ccccc2)C[C@@H]2CC[C@H]1N2Cc1ccc(F)c(F)c1. The van der Waals surface area contributed by atoms with Gasteiger partial charge in [-0.1, -0.05) is 36.4 Å². The van der Waals surface area contributed by atoms with Crippen LogP contribution in [0.15, 0.2) is 48.5 Å². The molecule has 0 spiro atoms. The number of benzene rings is 2. The van der Waals surface area contributed by atoms with Gasteiger partial charge in [0, 0.05) is 24.0 Å². The summed E-state index contributed by atoms with van der Waals surface area (Å²) < 4.78 is 26.7. The molecule has 1 N–H and O–H groups in total. The van der Waals surface area contributed by atoms with E-state index in [2.05, 4.69) is 17.0 Å². The molecule has 2 aliphatic heterocycles. The van der Waals surface area contributed by atoms with Gasteiger partial charge in [-0.3, -0.25) is 4.90 Å². The van der Waals surface area contributed by atoms with Gasteiger partial charge in [0.2, 0.25) is 0 Å². The smallest absolute Gasteiger partial charge is 0.159 e. The number of hydrogen-bond donors (Lipinski definition) is 1. The first-order valence-electron chi connectivity index (χ1n) is 8.96. The Labute approximate surface area is 147 Å². The van der Waals surface area contributed by atoms with E-state index in [0.717, 1.165) is 31.2 Å². The second-order valence-electron chi connectivity index (χ2n) is 7.55. The largest absolute Gasteiger partial charge is 0.396 e. The molecule has 2 bridgehead atoms. The van der Waals surface area contributed by atoms with E-state index in [1.807, 2.05) is 18.2 Å². The van der Waals surface area contributed by atoms with Crippen LogP contribution in [-0.2, 0) is 13.0 Å². The maximum absolute atomic E-state index is 13.5. The Morgan fingerprint density at radius 2 is 1.80 bits per heavy atom. The number of aliphatic hydroxyl groups excluding tert-OH is 1. The van der Waals surface area contributed by atoms with E-state index >= 15 is 0 Å². The molecular formula is C21H23F2NO. The minimum atomic E-state index is -0.804. The summed E-state index contributed by atoms with van der Waals surface area (Å²) in [5, 5.41) is 10.2. The maximum Gasteiger partial charge on any atom is 0.159 e. The van der Waals surface area contributed by atoms with Crippen molar-refractivity contribution in [2.75, 3.05) is 6.61 Å². The molecule has 2 heterocycles. The molecule has 0 saturated carbocycles. The molecule has 2 aromatic rings. The van der Waals surface area contributed by atoms with Gasteiger partial charge >= 0.3 is 0 Å². The van der Waals surface area contributed by atoms with Crippen LogP contribution in [0.1, 0.15) is 30.4 Å². The number of nitrogens with zero attached hydrogens (tertiary/aromatic N) is 1. The van der Waals surface area contributed by atoms with E-state index in [0.29, 0.717) is 12.6 Å². The third-order valence-corrected chi connectivity index (χ3v) is 6.05. The molecule has 2 saturated heterocycles. The summed E-state index contributed by atoms with van der Waals surface area (Å²) in [6, 6.07) is 15.2. The number of aliphatic hydroxyl groups is 1. The molecule has 0 radical (unpaired) electrons. The third kappa shape index (κ3) is 2.98. The standard InChI is InChI=1S/C21H23F2NO/c22-18-8-6-16(10-19(18)23)13-24-17-7-9-20(24)21(12-17,14-25)11-15-4-2-1-3-5-15/h1-6,8,10,17,20,25H,7,9,11-14H2/t17-,20+,21-/m0/s1. The highest BCUT2D eigenvalue weighted by atomic mass is 19.2. The van der Waals surface area contributed by atoms with Crippen LogP contribution in [0.25, 0.3) is 0 Å². The Kier molecular flexibility index (Phi) is 4.34. The predicted molar refractivity (Wildman–Crippen MR) is 93.0 cm³/mol. The third-order valence-electron chi connectivity index (χ3n) is 6.05. The van der Waals surface area contributed by atoms with E-state index in [9.17, 15) is 13.9 Å².